The maximum atomic E-state index is 6.30. The Morgan fingerprint density at radius 3 is 1.34 bits per heavy atom. The van der Waals surface area contributed by atoms with E-state index in [-0.39, 0.29) is 23.5 Å². The molecule has 0 saturated carbocycles. The van der Waals surface area contributed by atoms with Crippen molar-refractivity contribution < 1.29 is 13.3 Å². The lowest BCUT2D eigenvalue weighted by atomic mass is 9.96. The third kappa shape index (κ3) is 15.7. The summed E-state index contributed by atoms with van der Waals surface area (Å²) in [6.07, 6.45) is 19.8. The highest BCUT2D eigenvalue weighted by atomic mass is 35.5. The van der Waals surface area contributed by atoms with Crippen LogP contribution >= 0.6 is 12.4 Å². The van der Waals surface area contributed by atoms with Crippen molar-refractivity contribution in [2.24, 2.45) is 5.73 Å². The second-order valence-corrected chi connectivity index (χ2v) is 12.4. The number of unbranched alkanes of at least 4 members (excludes halogenated alkanes) is 12. The van der Waals surface area contributed by atoms with Crippen LogP contribution in [0.1, 0.15) is 117 Å². The van der Waals surface area contributed by atoms with E-state index in [1.807, 2.05) is 0 Å². The van der Waals surface area contributed by atoms with Gasteiger partial charge in [0.2, 0.25) is 0 Å². The van der Waals surface area contributed by atoms with Gasteiger partial charge in [-0.15, -0.1) is 12.4 Å². The molecule has 0 aliphatic rings. The van der Waals surface area contributed by atoms with E-state index in [0.717, 1.165) is 12.8 Å². The van der Waals surface area contributed by atoms with Crippen LogP contribution in [0, 0.1) is 0 Å². The minimum Gasteiger partial charge on any atom is -0.377 e. The Kier molecular flexibility index (Phi) is 20.7. The van der Waals surface area contributed by atoms with Crippen molar-refractivity contribution in [1.82, 2.24) is 0 Å². The molecule has 0 aliphatic carbocycles. The van der Waals surface area contributed by atoms with Gasteiger partial charge in [-0.05, 0) is 26.7 Å². The van der Waals surface area contributed by atoms with Gasteiger partial charge >= 0.3 is 8.80 Å². The molecule has 0 aromatic carbocycles. The van der Waals surface area contributed by atoms with Crippen LogP contribution in [0.25, 0.3) is 0 Å². The van der Waals surface area contributed by atoms with Crippen LogP contribution in [-0.2, 0) is 13.3 Å². The molecule has 0 heterocycles. The van der Waals surface area contributed by atoms with Crippen molar-refractivity contribution in [1.29, 1.82) is 0 Å². The first-order valence-corrected chi connectivity index (χ1v) is 13.6. The molecule has 0 aromatic heterocycles. The van der Waals surface area contributed by atoms with E-state index in [0.29, 0.717) is 0 Å². The second kappa shape index (κ2) is 19.1. The molecule has 6 heteroatoms. The molecule has 0 fully saturated rings. The van der Waals surface area contributed by atoms with Crippen molar-refractivity contribution in [3.05, 3.63) is 0 Å². The number of hydrogen-bond acceptors (Lipinski definition) is 4. The molecule has 2 N–H and O–H groups in total. The molecule has 0 bridgehead atoms. The fourth-order valence-corrected chi connectivity index (χ4v) is 7.03. The maximum Gasteiger partial charge on any atom is 0.503 e. The molecule has 1 atom stereocenters. The molecule has 1 unspecified atom stereocenters. The van der Waals surface area contributed by atoms with Crippen LogP contribution < -0.4 is 5.73 Å². The first kappa shape index (κ1) is 31.5. The van der Waals surface area contributed by atoms with E-state index in [2.05, 4.69) is 20.8 Å². The minimum absolute atomic E-state index is 0. The molecule has 178 valence electrons. The standard InChI is InChI=1S/C23H51NO3Si.ClH/c1-7-8-9-10-11-12-13-14-15-16-17-18-19-20-22(21-23(2,3)24)28(25-4,26-5)27-6;/h22H,7-21,24H2,1-6H3;1H. The van der Waals surface area contributed by atoms with Crippen molar-refractivity contribution in [3.8, 4) is 0 Å². The first-order valence-electron chi connectivity index (χ1n) is 11.8. The zero-order valence-electron chi connectivity index (χ0n) is 20.4. The van der Waals surface area contributed by atoms with Gasteiger partial charge in [0.15, 0.2) is 0 Å². The molecule has 0 radical (unpaired) electrons. The van der Waals surface area contributed by atoms with Gasteiger partial charge in [0.25, 0.3) is 0 Å². The molecule has 0 amide bonds. The summed E-state index contributed by atoms with van der Waals surface area (Å²) < 4.78 is 17.2. The van der Waals surface area contributed by atoms with Crippen molar-refractivity contribution in [3.63, 3.8) is 0 Å². The normalized spacial score (nSPS) is 13.3. The Morgan fingerprint density at radius 2 is 1.03 bits per heavy atom. The molecule has 0 aromatic rings. The molecule has 0 rings (SSSR count). The van der Waals surface area contributed by atoms with Crippen molar-refractivity contribution >= 4 is 21.2 Å². The van der Waals surface area contributed by atoms with Crippen LogP contribution in [0.15, 0.2) is 0 Å². The predicted octanol–water partition coefficient (Wildman–Crippen LogP) is 7.27. The van der Waals surface area contributed by atoms with Crippen molar-refractivity contribution in [2.45, 2.75) is 128 Å². The van der Waals surface area contributed by atoms with E-state index in [1.54, 1.807) is 21.3 Å². The summed E-state index contributed by atoms with van der Waals surface area (Å²) in [6.45, 7) is 6.43. The minimum atomic E-state index is -2.64. The molecule has 4 nitrogen and oxygen atoms in total. The Labute approximate surface area is 189 Å². The van der Waals surface area contributed by atoms with Crippen LogP contribution in [0.4, 0.5) is 0 Å². The van der Waals surface area contributed by atoms with E-state index < -0.39 is 8.80 Å². The molecule has 0 aliphatic heterocycles. The summed E-state index contributed by atoms with van der Waals surface area (Å²) in [6, 6.07) is 0. The smallest absolute Gasteiger partial charge is 0.377 e. The van der Waals surface area contributed by atoms with Gasteiger partial charge in [-0.2, -0.15) is 0 Å². The Hall–Kier alpha value is 0.347. The Morgan fingerprint density at radius 1 is 0.690 bits per heavy atom. The van der Waals surface area contributed by atoms with Crippen LogP contribution in [0.3, 0.4) is 0 Å². The summed E-state index contributed by atoms with van der Waals surface area (Å²) >= 11 is 0. The highest BCUT2D eigenvalue weighted by Crippen LogP contribution is 2.36. The summed E-state index contributed by atoms with van der Waals surface area (Å²) in [4.78, 5) is 0. The fourth-order valence-electron chi connectivity index (χ4n) is 4.20. The molecule has 0 saturated heterocycles. The topological polar surface area (TPSA) is 53.7 Å². The highest BCUT2D eigenvalue weighted by Gasteiger charge is 2.48. The third-order valence-electron chi connectivity index (χ3n) is 5.78. The number of hydrogen-bond donors (Lipinski definition) is 1. The average molecular weight is 454 g/mol. The van der Waals surface area contributed by atoms with Crippen LogP contribution in [-0.4, -0.2) is 35.7 Å². The number of rotatable bonds is 20. The van der Waals surface area contributed by atoms with E-state index in [1.165, 1.54) is 83.5 Å². The van der Waals surface area contributed by atoms with E-state index in [4.69, 9.17) is 19.0 Å². The fraction of sp³-hybridized carbons (Fsp3) is 1.00. The van der Waals surface area contributed by atoms with Crippen LogP contribution in [0.2, 0.25) is 5.54 Å². The van der Waals surface area contributed by atoms with Gasteiger partial charge in [-0.1, -0.05) is 90.4 Å². The Balaban J connectivity index is 0. The lowest BCUT2D eigenvalue weighted by Gasteiger charge is -2.36. The Bertz CT molecular complexity index is 341. The quantitative estimate of drug-likeness (QED) is 0.155. The predicted molar refractivity (Wildman–Crippen MR) is 131 cm³/mol. The van der Waals surface area contributed by atoms with E-state index >= 15 is 0 Å². The zero-order valence-corrected chi connectivity index (χ0v) is 22.2. The molecule has 0 spiro atoms. The zero-order chi connectivity index (χ0) is 21.3. The van der Waals surface area contributed by atoms with Gasteiger partial charge in [0, 0.05) is 32.4 Å². The first-order chi connectivity index (χ1) is 13.3. The van der Waals surface area contributed by atoms with E-state index in [9.17, 15) is 0 Å². The highest BCUT2D eigenvalue weighted by molar-refractivity contribution is 6.62. The van der Waals surface area contributed by atoms with Gasteiger partial charge in [0.05, 0.1) is 0 Å². The lowest BCUT2D eigenvalue weighted by molar-refractivity contribution is 0.104. The SMILES string of the molecule is CCCCCCCCCCCCCCCC(CC(C)(C)N)[Si](OC)(OC)OC.Cl. The second-order valence-electron chi connectivity index (χ2n) is 9.14. The number of halogens is 1. The largest absolute Gasteiger partial charge is 0.503 e. The third-order valence-corrected chi connectivity index (χ3v) is 8.98. The maximum absolute atomic E-state index is 6.30. The molecular formula is C23H52ClNO3Si. The average Bonchev–Trinajstić information content (AvgIpc) is 2.66. The summed E-state index contributed by atoms with van der Waals surface area (Å²) in [5.74, 6) is 0. The summed E-state index contributed by atoms with van der Waals surface area (Å²) in [5, 5.41) is 0. The molecular weight excluding hydrogens is 402 g/mol. The molecule has 29 heavy (non-hydrogen) atoms. The van der Waals surface area contributed by atoms with Gasteiger partial charge < -0.3 is 19.0 Å². The van der Waals surface area contributed by atoms with Gasteiger partial charge in [0.1, 0.15) is 0 Å². The number of nitrogens with two attached hydrogens (primary N) is 1. The lowest BCUT2D eigenvalue weighted by Crippen LogP contribution is -2.50. The summed E-state index contributed by atoms with van der Waals surface area (Å²) in [7, 11) is 2.48. The summed E-state index contributed by atoms with van der Waals surface area (Å²) in [5.41, 5.74) is 6.32. The van der Waals surface area contributed by atoms with Crippen molar-refractivity contribution in [2.75, 3.05) is 21.3 Å². The van der Waals surface area contributed by atoms with Crippen LogP contribution in [0.5, 0.6) is 0 Å². The van der Waals surface area contributed by atoms with Gasteiger partial charge in [-0.3, -0.25) is 0 Å². The monoisotopic (exact) mass is 453 g/mol. The van der Waals surface area contributed by atoms with Gasteiger partial charge in [-0.25, -0.2) is 0 Å².